The van der Waals surface area contributed by atoms with Crippen LogP contribution >= 0.6 is 0 Å². The Morgan fingerprint density at radius 3 is 2.52 bits per heavy atom. The maximum Gasteiger partial charge on any atom is 0.261 e. The van der Waals surface area contributed by atoms with Crippen LogP contribution < -0.4 is 14.8 Å². The Morgan fingerprint density at radius 2 is 1.85 bits per heavy atom. The molecule has 0 fully saturated rings. The number of ether oxygens (including phenoxy) is 1. The average Bonchev–Trinajstić information content (AvgIpc) is 2.65. The molecule has 0 spiro atoms. The monoisotopic (exact) mass is 387 g/mol. The van der Waals surface area contributed by atoms with Crippen LogP contribution in [0.25, 0.3) is 0 Å². The van der Waals surface area contributed by atoms with Gasteiger partial charge >= 0.3 is 0 Å². The van der Waals surface area contributed by atoms with E-state index in [0.29, 0.717) is 17.3 Å². The minimum absolute atomic E-state index is 0.0161. The van der Waals surface area contributed by atoms with Gasteiger partial charge in [0.15, 0.2) is 0 Å². The van der Waals surface area contributed by atoms with Gasteiger partial charge in [0.05, 0.1) is 29.6 Å². The highest BCUT2D eigenvalue weighted by atomic mass is 32.2. The minimum Gasteiger partial charge on any atom is -0.495 e. The summed E-state index contributed by atoms with van der Waals surface area (Å²) < 4.78 is 45.9. The number of anilines is 3. The van der Waals surface area contributed by atoms with E-state index >= 15 is 0 Å². The van der Waals surface area contributed by atoms with Crippen LogP contribution in [0.15, 0.2) is 65.7 Å². The van der Waals surface area contributed by atoms with Gasteiger partial charge < -0.3 is 10.1 Å². The second-order valence-electron chi connectivity index (χ2n) is 5.77. The quantitative estimate of drug-likeness (QED) is 0.666. The van der Waals surface area contributed by atoms with Crippen molar-refractivity contribution < 1.29 is 17.5 Å². The highest BCUT2D eigenvalue weighted by Gasteiger charge is 2.15. The van der Waals surface area contributed by atoms with Crippen LogP contribution in [0, 0.1) is 12.7 Å². The van der Waals surface area contributed by atoms with Crippen molar-refractivity contribution >= 4 is 27.2 Å². The van der Waals surface area contributed by atoms with E-state index in [4.69, 9.17) is 4.74 Å². The van der Waals surface area contributed by atoms with Crippen LogP contribution in [0.2, 0.25) is 0 Å². The molecule has 0 bridgehead atoms. The second kappa shape index (κ2) is 7.63. The van der Waals surface area contributed by atoms with E-state index in [1.165, 1.54) is 25.3 Å². The zero-order chi connectivity index (χ0) is 19.4. The Hall–Kier alpha value is -3.13. The van der Waals surface area contributed by atoms with Crippen molar-refractivity contribution in [3.63, 3.8) is 0 Å². The molecule has 3 aromatic rings. The predicted molar refractivity (Wildman–Crippen MR) is 102 cm³/mol. The Bertz CT molecular complexity index is 1050. The summed E-state index contributed by atoms with van der Waals surface area (Å²) in [6.07, 6.45) is 1.39. The van der Waals surface area contributed by atoms with Crippen molar-refractivity contribution in [2.45, 2.75) is 11.8 Å². The lowest BCUT2D eigenvalue weighted by Crippen LogP contribution is -2.13. The molecule has 6 nitrogen and oxygen atoms in total. The molecule has 2 N–H and O–H groups in total. The highest BCUT2D eigenvalue weighted by molar-refractivity contribution is 7.92. The number of aryl methyl sites for hydroxylation is 1. The summed E-state index contributed by atoms with van der Waals surface area (Å²) in [6.45, 7) is 1.51. The smallest absolute Gasteiger partial charge is 0.261 e. The number of sulfonamides is 1. The SMILES string of the molecule is COc1ccccc1Nc1ccc(NS(=O)(=O)c2ccc(F)c(C)c2)cn1. The van der Waals surface area contributed by atoms with Crippen LogP contribution in [-0.2, 0) is 10.0 Å². The molecule has 3 rings (SSSR count). The largest absolute Gasteiger partial charge is 0.495 e. The number of rotatable bonds is 6. The summed E-state index contributed by atoms with van der Waals surface area (Å²) >= 11 is 0. The van der Waals surface area contributed by atoms with Crippen molar-refractivity contribution in [2.24, 2.45) is 0 Å². The topological polar surface area (TPSA) is 80.3 Å². The van der Waals surface area contributed by atoms with Gasteiger partial charge in [0.2, 0.25) is 0 Å². The molecular formula is C19H18FN3O3S. The van der Waals surface area contributed by atoms with Crippen molar-refractivity contribution in [1.82, 2.24) is 4.98 Å². The summed E-state index contributed by atoms with van der Waals surface area (Å²) in [4.78, 5) is 4.19. The van der Waals surface area contributed by atoms with E-state index in [9.17, 15) is 12.8 Å². The number of pyridine rings is 1. The van der Waals surface area contributed by atoms with Gasteiger partial charge in [0.1, 0.15) is 17.4 Å². The van der Waals surface area contributed by atoms with Gasteiger partial charge in [-0.3, -0.25) is 4.72 Å². The highest BCUT2D eigenvalue weighted by Crippen LogP contribution is 2.26. The van der Waals surface area contributed by atoms with Crippen molar-refractivity contribution in [3.8, 4) is 5.75 Å². The molecule has 0 unspecified atom stereocenters. The van der Waals surface area contributed by atoms with E-state index in [1.807, 2.05) is 24.3 Å². The summed E-state index contributed by atoms with van der Waals surface area (Å²) in [5, 5.41) is 3.10. The average molecular weight is 387 g/mol. The Kier molecular flexibility index (Phi) is 5.27. The van der Waals surface area contributed by atoms with Crippen molar-refractivity contribution in [2.75, 3.05) is 17.1 Å². The molecule has 0 atom stereocenters. The number of aromatic nitrogens is 1. The summed E-state index contributed by atoms with van der Waals surface area (Å²) in [6, 6.07) is 14.2. The first-order valence-electron chi connectivity index (χ1n) is 8.04. The number of para-hydroxylation sites is 2. The Morgan fingerprint density at radius 1 is 1.07 bits per heavy atom. The zero-order valence-electron chi connectivity index (χ0n) is 14.7. The van der Waals surface area contributed by atoms with Crippen LogP contribution in [-0.4, -0.2) is 20.5 Å². The van der Waals surface area contributed by atoms with Gasteiger partial charge in [-0.15, -0.1) is 0 Å². The summed E-state index contributed by atoms with van der Waals surface area (Å²) in [5.74, 6) is 0.734. The van der Waals surface area contributed by atoms with E-state index in [0.717, 1.165) is 11.8 Å². The molecule has 0 radical (unpaired) electrons. The van der Waals surface area contributed by atoms with Gasteiger partial charge in [-0.1, -0.05) is 12.1 Å². The Balaban J connectivity index is 1.76. The molecule has 0 aliphatic carbocycles. The molecule has 1 heterocycles. The fraction of sp³-hybridized carbons (Fsp3) is 0.105. The number of nitrogens with zero attached hydrogens (tertiary/aromatic N) is 1. The van der Waals surface area contributed by atoms with Gasteiger partial charge in [-0.2, -0.15) is 0 Å². The van der Waals surface area contributed by atoms with E-state index in [-0.39, 0.29) is 10.5 Å². The van der Waals surface area contributed by atoms with Crippen LogP contribution in [0.4, 0.5) is 21.6 Å². The maximum absolute atomic E-state index is 13.4. The van der Waals surface area contributed by atoms with Crippen LogP contribution in [0.1, 0.15) is 5.56 Å². The molecule has 0 aliphatic heterocycles. The molecule has 1 aromatic heterocycles. The van der Waals surface area contributed by atoms with Crippen molar-refractivity contribution in [1.29, 1.82) is 0 Å². The molecule has 0 saturated carbocycles. The number of methoxy groups -OCH3 is 1. The Labute approximate surface area is 157 Å². The van der Waals surface area contributed by atoms with Crippen LogP contribution in [0.5, 0.6) is 5.75 Å². The third-order valence-electron chi connectivity index (χ3n) is 3.83. The maximum atomic E-state index is 13.4. The number of halogens is 1. The number of benzene rings is 2. The second-order valence-corrected chi connectivity index (χ2v) is 7.46. The molecule has 0 aliphatic rings. The first-order chi connectivity index (χ1) is 12.9. The lowest BCUT2D eigenvalue weighted by Gasteiger charge is -2.12. The molecule has 27 heavy (non-hydrogen) atoms. The standard InChI is InChI=1S/C19H18FN3O3S/c1-13-11-15(8-9-16(13)20)27(24,25)23-14-7-10-19(21-12-14)22-17-5-3-4-6-18(17)26-2/h3-12,23H,1-2H3,(H,21,22). The zero-order valence-corrected chi connectivity index (χ0v) is 15.5. The van der Waals surface area contributed by atoms with Gasteiger partial charge in [0.25, 0.3) is 10.0 Å². The molecule has 0 saturated heterocycles. The third-order valence-corrected chi connectivity index (χ3v) is 5.20. The number of hydrogen-bond donors (Lipinski definition) is 2. The van der Waals surface area contributed by atoms with E-state index < -0.39 is 15.8 Å². The van der Waals surface area contributed by atoms with Gasteiger partial charge in [-0.25, -0.2) is 17.8 Å². The summed E-state index contributed by atoms with van der Waals surface area (Å²) in [5.41, 5.74) is 1.29. The third kappa shape index (κ3) is 4.35. The number of nitrogens with one attached hydrogen (secondary N) is 2. The van der Waals surface area contributed by atoms with Crippen molar-refractivity contribution in [3.05, 3.63) is 72.2 Å². The molecule has 0 amide bonds. The van der Waals surface area contributed by atoms with E-state index in [2.05, 4.69) is 15.0 Å². The first kappa shape index (κ1) is 18.7. The normalized spacial score (nSPS) is 11.1. The lowest BCUT2D eigenvalue weighted by atomic mass is 10.2. The molecule has 140 valence electrons. The van der Waals surface area contributed by atoms with Crippen LogP contribution in [0.3, 0.4) is 0 Å². The fourth-order valence-electron chi connectivity index (χ4n) is 2.41. The number of hydrogen-bond acceptors (Lipinski definition) is 5. The lowest BCUT2D eigenvalue weighted by molar-refractivity contribution is 0.417. The predicted octanol–water partition coefficient (Wildman–Crippen LogP) is 4.08. The van der Waals surface area contributed by atoms with E-state index in [1.54, 1.807) is 19.2 Å². The fourth-order valence-corrected chi connectivity index (χ4v) is 3.54. The van der Waals surface area contributed by atoms with Gasteiger partial charge in [-0.05, 0) is 55.0 Å². The molecular weight excluding hydrogens is 369 g/mol. The minimum atomic E-state index is -3.83. The first-order valence-corrected chi connectivity index (χ1v) is 9.52. The summed E-state index contributed by atoms with van der Waals surface area (Å²) in [7, 11) is -2.26. The molecule has 2 aromatic carbocycles. The van der Waals surface area contributed by atoms with Gasteiger partial charge in [0, 0.05) is 0 Å². The molecule has 8 heteroatoms.